The van der Waals surface area contributed by atoms with Gasteiger partial charge < -0.3 is 5.32 Å². The van der Waals surface area contributed by atoms with Gasteiger partial charge in [0.05, 0.1) is 17.8 Å². The van der Waals surface area contributed by atoms with Gasteiger partial charge in [-0.1, -0.05) is 60.1 Å². The molecule has 0 unspecified atom stereocenters. The number of pyridine rings is 1. The van der Waals surface area contributed by atoms with E-state index in [1.165, 1.54) is 18.3 Å². The Bertz CT molecular complexity index is 1330. The summed E-state index contributed by atoms with van der Waals surface area (Å²) >= 11 is 5.84. The molecule has 170 valence electrons. The molecule has 0 spiro atoms. The summed E-state index contributed by atoms with van der Waals surface area (Å²) in [5, 5.41) is 7.33. The maximum Gasteiger partial charge on any atom is 0.273 e. The van der Waals surface area contributed by atoms with E-state index in [-0.39, 0.29) is 17.8 Å². The van der Waals surface area contributed by atoms with Crippen molar-refractivity contribution in [2.45, 2.75) is 0 Å². The molecular weight excluding hydrogens is 456 g/mol. The van der Waals surface area contributed by atoms with Crippen LogP contribution in [-0.2, 0) is 4.79 Å². The molecule has 9 nitrogen and oxygen atoms in total. The molecule has 0 saturated carbocycles. The molecule has 3 N–H and O–H groups in total. The number of carbonyl (C=O) groups excluding carboxylic acids is 3. The first-order chi connectivity index (χ1) is 16.5. The highest BCUT2D eigenvalue weighted by Gasteiger charge is 2.19. The van der Waals surface area contributed by atoms with Gasteiger partial charge in [-0.3, -0.25) is 30.2 Å². The van der Waals surface area contributed by atoms with Crippen molar-refractivity contribution in [3.63, 3.8) is 0 Å². The van der Waals surface area contributed by atoms with Crippen molar-refractivity contribution in [3.05, 3.63) is 101 Å². The van der Waals surface area contributed by atoms with Crippen LogP contribution in [-0.4, -0.2) is 39.0 Å². The molecule has 0 bridgehead atoms. The predicted octanol–water partition coefficient (Wildman–Crippen LogP) is 2.78. The molecule has 0 aliphatic rings. The van der Waals surface area contributed by atoms with Gasteiger partial charge in [0.2, 0.25) is 0 Å². The SMILES string of the molecule is O=C(CNC(=O)c1cc(Cl)ccn1)NNC(=O)c1cn(-c2ccccc2)nc1-c1ccccc1. The smallest absolute Gasteiger partial charge is 0.273 e. The lowest BCUT2D eigenvalue weighted by atomic mass is 10.1. The van der Waals surface area contributed by atoms with Gasteiger partial charge in [-0.15, -0.1) is 0 Å². The average molecular weight is 475 g/mol. The van der Waals surface area contributed by atoms with Crippen LogP contribution in [0.1, 0.15) is 20.8 Å². The first-order valence-corrected chi connectivity index (χ1v) is 10.6. The lowest BCUT2D eigenvalue weighted by molar-refractivity contribution is -0.120. The minimum absolute atomic E-state index is 0.0742. The predicted molar refractivity (Wildman–Crippen MR) is 126 cm³/mol. The first-order valence-electron chi connectivity index (χ1n) is 10.2. The Kier molecular flexibility index (Phi) is 6.95. The Morgan fingerprint density at radius 1 is 0.882 bits per heavy atom. The zero-order valence-electron chi connectivity index (χ0n) is 17.7. The third-order valence-corrected chi connectivity index (χ3v) is 4.94. The fourth-order valence-electron chi connectivity index (χ4n) is 3.08. The number of aromatic nitrogens is 3. The van der Waals surface area contributed by atoms with Crippen LogP contribution in [0.15, 0.2) is 85.2 Å². The number of amides is 3. The highest BCUT2D eigenvalue weighted by Crippen LogP contribution is 2.23. The minimum atomic E-state index is -0.625. The summed E-state index contributed by atoms with van der Waals surface area (Å²) in [4.78, 5) is 41.0. The molecule has 10 heteroatoms. The largest absolute Gasteiger partial charge is 0.342 e. The first kappa shape index (κ1) is 22.7. The van der Waals surface area contributed by atoms with E-state index in [2.05, 4.69) is 26.3 Å². The molecule has 34 heavy (non-hydrogen) atoms. The molecular formula is C24H19ClN6O3. The Balaban J connectivity index is 1.43. The van der Waals surface area contributed by atoms with Gasteiger partial charge in [-0.05, 0) is 24.3 Å². The zero-order valence-corrected chi connectivity index (χ0v) is 18.5. The minimum Gasteiger partial charge on any atom is -0.342 e. The van der Waals surface area contributed by atoms with Crippen molar-refractivity contribution in [2.75, 3.05) is 6.54 Å². The highest BCUT2D eigenvalue weighted by atomic mass is 35.5. The Labute approximate surface area is 199 Å². The summed E-state index contributed by atoms with van der Waals surface area (Å²) in [6, 6.07) is 21.5. The Morgan fingerprint density at radius 2 is 1.59 bits per heavy atom. The van der Waals surface area contributed by atoms with Gasteiger partial charge in [0.1, 0.15) is 11.4 Å². The second kappa shape index (κ2) is 10.4. The van der Waals surface area contributed by atoms with Crippen molar-refractivity contribution >= 4 is 29.3 Å². The number of halogens is 1. The topological polar surface area (TPSA) is 118 Å². The van der Waals surface area contributed by atoms with Crippen LogP contribution in [0.3, 0.4) is 0 Å². The van der Waals surface area contributed by atoms with Crippen LogP contribution in [0.25, 0.3) is 16.9 Å². The molecule has 0 radical (unpaired) electrons. The summed E-state index contributed by atoms with van der Waals surface area (Å²) < 4.78 is 1.59. The van der Waals surface area contributed by atoms with Crippen LogP contribution in [0.5, 0.6) is 0 Å². The number of hydrazine groups is 1. The number of hydrogen-bond donors (Lipinski definition) is 3. The number of nitrogens with zero attached hydrogens (tertiary/aromatic N) is 3. The lowest BCUT2D eigenvalue weighted by Gasteiger charge is -2.08. The molecule has 2 aromatic carbocycles. The molecule has 0 aliphatic carbocycles. The molecule has 0 fully saturated rings. The number of para-hydroxylation sites is 1. The number of carbonyl (C=O) groups is 3. The van der Waals surface area contributed by atoms with E-state index < -0.39 is 17.7 Å². The van der Waals surface area contributed by atoms with Crippen LogP contribution < -0.4 is 16.2 Å². The van der Waals surface area contributed by atoms with Crippen molar-refractivity contribution in [1.29, 1.82) is 0 Å². The monoisotopic (exact) mass is 474 g/mol. The summed E-state index contributed by atoms with van der Waals surface area (Å²) in [5.74, 6) is -1.75. The van der Waals surface area contributed by atoms with Gasteiger partial charge in [0, 0.05) is 23.0 Å². The maximum absolute atomic E-state index is 12.9. The molecule has 3 amide bonds. The van der Waals surface area contributed by atoms with Crippen molar-refractivity contribution in [1.82, 2.24) is 30.9 Å². The lowest BCUT2D eigenvalue weighted by Crippen LogP contribution is -2.46. The van der Waals surface area contributed by atoms with Crippen LogP contribution >= 0.6 is 11.6 Å². The van der Waals surface area contributed by atoms with Gasteiger partial charge in [0.25, 0.3) is 17.7 Å². The van der Waals surface area contributed by atoms with Gasteiger partial charge in [-0.2, -0.15) is 5.10 Å². The highest BCUT2D eigenvalue weighted by molar-refractivity contribution is 6.30. The zero-order chi connectivity index (χ0) is 23.9. The van der Waals surface area contributed by atoms with E-state index in [1.807, 2.05) is 60.7 Å². The van der Waals surface area contributed by atoms with E-state index in [4.69, 9.17) is 11.6 Å². The number of benzene rings is 2. The second-order valence-electron chi connectivity index (χ2n) is 7.08. The van der Waals surface area contributed by atoms with Crippen LogP contribution in [0.4, 0.5) is 0 Å². The summed E-state index contributed by atoms with van der Waals surface area (Å²) in [7, 11) is 0. The second-order valence-corrected chi connectivity index (χ2v) is 7.52. The fraction of sp³-hybridized carbons (Fsp3) is 0.0417. The third kappa shape index (κ3) is 5.45. The molecule has 4 aromatic rings. The summed E-state index contributed by atoms with van der Waals surface area (Å²) in [6.07, 6.45) is 2.98. The molecule has 2 heterocycles. The van der Waals surface area contributed by atoms with E-state index in [1.54, 1.807) is 10.9 Å². The molecule has 2 aromatic heterocycles. The van der Waals surface area contributed by atoms with Crippen molar-refractivity contribution in [2.24, 2.45) is 0 Å². The standard InChI is InChI=1S/C24H19ClN6O3/c25-17-11-12-26-20(13-17)24(34)27-14-21(32)28-29-23(33)19-15-31(18-9-5-2-6-10-18)30-22(19)16-7-3-1-4-8-16/h1-13,15H,14H2,(H,27,34)(H,28,32)(H,29,33). The molecule has 0 saturated heterocycles. The number of nitrogens with one attached hydrogen (secondary N) is 3. The van der Waals surface area contributed by atoms with Gasteiger partial charge in [0.15, 0.2) is 0 Å². The Hall–Kier alpha value is -4.50. The van der Waals surface area contributed by atoms with E-state index in [9.17, 15) is 14.4 Å². The maximum atomic E-state index is 12.9. The van der Waals surface area contributed by atoms with Crippen LogP contribution in [0, 0.1) is 0 Å². The van der Waals surface area contributed by atoms with E-state index >= 15 is 0 Å². The molecule has 0 atom stereocenters. The summed E-state index contributed by atoms with van der Waals surface area (Å²) in [6.45, 7) is -0.373. The molecule has 0 aliphatic heterocycles. The summed E-state index contributed by atoms with van der Waals surface area (Å²) in [5.41, 5.74) is 6.98. The molecule has 4 rings (SSSR count). The number of rotatable bonds is 6. The van der Waals surface area contributed by atoms with Gasteiger partial charge in [-0.25, -0.2) is 4.68 Å². The van der Waals surface area contributed by atoms with Crippen molar-refractivity contribution in [3.8, 4) is 16.9 Å². The van der Waals surface area contributed by atoms with Gasteiger partial charge >= 0.3 is 0 Å². The van der Waals surface area contributed by atoms with Crippen molar-refractivity contribution < 1.29 is 14.4 Å². The third-order valence-electron chi connectivity index (χ3n) is 4.71. The average Bonchev–Trinajstić information content (AvgIpc) is 3.32. The fourth-order valence-corrected chi connectivity index (χ4v) is 3.24. The van der Waals surface area contributed by atoms with E-state index in [0.717, 1.165) is 11.3 Å². The van der Waals surface area contributed by atoms with E-state index in [0.29, 0.717) is 10.7 Å². The Morgan fingerprint density at radius 3 is 2.29 bits per heavy atom. The quantitative estimate of drug-likeness (QED) is 0.371. The van der Waals surface area contributed by atoms with Crippen LogP contribution in [0.2, 0.25) is 5.02 Å². The number of hydrogen-bond acceptors (Lipinski definition) is 5. The normalized spacial score (nSPS) is 10.4.